The van der Waals surface area contributed by atoms with Gasteiger partial charge >= 0.3 is 12.0 Å². The van der Waals surface area contributed by atoms with Crippen molar-refractivity contribution >= 4 is 23.4 Å². The van der Waals surface area contributed by atoms with Crippen LogP contribution in [-0.2, 0) is 24.4 Å². The number of nitrogens with one attached hydrogen (secondary N) is 2. The first kappa shape index (κ1) is 20.6. The van der Waals surface area contributed by atoms with Gasteiger partial charge < -0.3 is 15.4 Å². The number of rotatable bonds is 6. The van der Waals surface area contributed by atoms with Crippen LogP contribution in [-0.4, -0.2) is 23.5 Å². The number of hydrogen-bond acceptors (Lipinski definition) is 4. The van der Waals surface area contributed by atoms with Crippen molar-refractivity contribution in [3.05, 3.63) is 95.1 Å². The number of ether oxygens (including phenoxy) is 1. The van der Waals surface area contributed by atoms with Crippen LogP contribution in [0.4, 0.5) is 16.2 Å². The summed E-state index contributed by atoms with van der Waals surface area (Å²) in [6, 6.07) is 22.7. The van der Waals surface area contributed by atoms with Crippen LogP contribution in [0.25, 0.3) is 0 Å². The number of fused-ring (bicyclic) bond motifs is 1. The van der Waals surface area contributed by atoms with Crippen LogP contribution in [0.1, 0.15) is 34.0 Å². The van der Waals surface area contributed by atoms with Crippen LogP contribution < -0.4 is 10.6 Å². The van der Waals surface area contributed by atoms with Crippen LogP contribution in [0.2, 0.25) is 0 Å². The van der Waals surface area contributed by atoms with Crippen molar-refractivity contribution in [3.8, 4) is 0 Å². The summed E-state index contributed by atoms with van der Waals surface area (Å²) in [6.07, 6.45) is 0. The molecule has 0 unspecified atom stereocenters. The van der Waals surface area contributed by atoms with Crippen LogP contribution in [0, 0.1) is 0 Å². The topological polar surface area (TPSA) is 70.7 Å². The Kier molecular flexibility index (Phi) is 6.29. The lowest BCUT2D eigenvalue weighted by atomic mass is 10.1. The van der Waals surface area contributed by atoms with E-state index in [9.17, 15) is 9.59 Å². The highest BCUT2D eigenvalue weighted by molar-refractivity contribution is 6.00. The molecule has 1 heterocycles. The van der Waals surface area contributed by atoms with E-state index < -0.39 is 0 Å². The molecule has 0 saturated heterocycles. The van der Waals surface area contributed by atoms with Crippen LogP contribution in [0.15, 0.2) is 72.8 Å². The maximum Gasteiger partial charge on any atom is 0.338 e. The zero-order valence-corrected chi connectivity index (χ0v) is 17.4. The second-order valence-corrected chi connectivity index (χ2v) is 7.49. The van der Waals surface area contributed by atoms with Crippen LogP contribution in [0.3, 0.4) is 0 Å². The Balaban J connectivity index is 1.33. The lowest BCUT2D eigenvalue weighted by Gasteiger charge is -2.14. The fraction of sp³-hybridized carbons (Fsp3) is 0.200. The van der Waals surface area contributed by atoms with Crippen molar-refractivity contribution in [2.24, 2.45) is 0 Å². The smallest absolute Gasteiger partial charge is 0.338 e. The van der Waals surface area contributed by atoms with Crippen LogP contribution >= 0.6 is 0 Å². The van der Waals surface area contributed by atoms with Gasteiger partial charge in [0.1, 0.15) is 0 Å². The minimum Gasteiger partial charge on any atom is -0.462 e. The molecule has 31 heavy (non-hydrogen) atoms. The number of hydrogen-bond donors (Lipinski definition) is 2. The van der Waals surface area contributed by atoms with Gasteiger partial charge in [-0.25, -0.2) is 9.59 Å². The Morgan fingerprint density at radius 3 is 2.29 bits per heavy atom. The van der Waals surface area contributed by atoms with Gasteiger partial charge in [0.15, 0.2) is 0 Å². The van der Waals surface area contributed by atoms with Gasteiger partial charge in [0, 0.05) is 31.0 Å². The Morgan fingerprint density at radius 1 is 0.871 bits per heavy atom. The highest BCUT2D eigenvalue weighted by Gasteiger charge is 2.19. The molecular weight excluding hydrogens is 390 g/mol. The van der Waals surface area contributed by atoms with Gasteiger partial charge in [-0.2, -0.15) is 0 Å². The van der Waals surface area contributed by atoms with Crippen LogP contribution in [0.5, 0.6) is 0 Å². The summed E-state index contributed by atoms with van der Waals surface area (Å²) in [6.45, 7) is 4.75. The van der Waals surface area contributed by atoms with E-state index in [0.717, 1.165) is 25.3 Å². The largest absolute Gasteiger partial charge is 0.462 e. The molecule has 1 aliphatic heterocycles. The van der Waals surface area contributed by atoms with E-state index in [-0.39, 0.29) is 12.0 Å². The number of esters is 1. The van der Waals surface area contributed by atoms with E-state index in [1.54, 1.807) is 31.2 Å². The van der Waals surface area contributed by atoms with Gasteiger partial charge in [-0.1, -0.05) is 36.4 Å². The highest BCUT2D eigenvalue weighted by Crippen LogP contribution is 2.27. The van der Waals surface area contributed by atoms with Crippen molar-refractivity contribution in [3.63, 3.8) is 0 Å². The van der Waals surface area contributed by atoms with Crippen molar-refractivity contribution in [2.75, 3.05) is 17.2 Å². The fourth-order valence-corrected chi connectivity index (χ4v) is 3.69. The molecule has 1 aliphatic rings. The van der Waals surface area contributed by atoms with Gasteiger partial charge in [-0.05, 0) is 60.0 Å². The number of benzene rings is 3. The molecule has 0 radical (unpaired) electrons. The normalized spacial score (nSPS) is 12.8. The molecule has 2 N–H and O–H groups in total. The summed E-state index contributed by atoms with van der Waals surface area (Å²) >= 11 is 0. The summed E-state index contributed by atoms with van der Waals surface area (Å²) in [5, 5.41) is 5.67. The van der Waals surface area contributed by atoms with Gasteiger partial charge in [0.25, 0.3) is 0 Å². The summed E-state index contributed by atoms with van der Waals surface area (Å²) < 4.78 is 4.96. The second kappa shape index (κ2) is 9.45. The number of urea groups is 1. The first-order chi connectivity index (χ1) is 15.1. The van der Waals surface area contributed by atoms with Crippen molar-refractivity contribution in [1.29, 1.82) is 0 Å². The minimum absolute atomic E-state index is 0.325. The molecule has 0 bridgehead atoms. The Hall–Kier alpha value is -3.64. The number of carbonyl (C=O) groups is 2. The van der Waals surface area contributed by atoms with E-state index in [0.29, 0.717) is 17.9 Å². The molecule has 4 rings (SSSR count). The predicted octanol–water partition coefficient (Wildman–Crippen LogP) is 5.02. The molecule has 3 aromatic rings. The molecule has 0 aromatic heterocycles. The van der Waals surface area contributed by atoms with Crippen molar-refractivity contribution in [2.45, 2.75) is 26.6 Å². The molecule has 0 aliphatic carbocycles. The molecule has 6 nitrogen and oxygen atoms in total. The van der Waals surface area contributed by atoms with Gasteiger partial charge in [-0.15, -0.1) is 0 Å². The number of carbonyl (C=O) groups excluding carboxylic acids is 2. The summed E-state index contributed by atoms with van der Waals surface area (Å²) in [4.78, 5) is 26.5. The lowest BCUT2D eigenvalue weighted by molar-refractivity contribution is 0.0526. The maximum absolute atomic E-state index is 12.4. The number of anilines is 2. The molecule has 0 spiro atoms. The third-order valence-electron chi connectivity index (χ3n) is 5.15. The van der Waals surface area contributed by atoms with Gasteiger partial charge in [0.2, 0.25) is 0 Å². The predicted molar refractivity (Wildman–Crippen MR) is 121 cm³/mol. The van der Waals surface area contributed by atoms with Crippen molar-refractivity contribution < 1.29 is 14.3 Å². The first-order valence-electron chi connectivity index (χ1n) is 10.3. The molecule has 6 heteroatoms. The third-order valence-corrected chi connectivity index (χ3v) is 5.15. The van der Waals surface area contributed by atoms with E-state index in [1.165, 1.54) is 16.7 Å². The molecule has 3 aromatic carbocycles. The summed E-state index contributed by atoms with van der Waals surface area (Å²) in [7, 11) is 0. The monoisotopic (exact) mass is 415 g/mol. The zero-order chi connectivity index (χ0) is 21.6. The maximum atomic E-state index is 12.4. The molecule has 158 valence electrons. The first-order valence-corrected chi connectivity index (χ1v) is 10.3. The minimum atomic E-state index is -0.377. The highest BCUT2D eigenvalue weighted by atomic mass is 16.5. The van der Waals surface area contributed by atoms with E-state index in [1.807, 2.05) is 18.2 Å². The number of amides is 2. The Bertz CT molecular complexity index is 1070. The third kappa shape index (κ3) is 5.29. The molecular formula is C25H25N3O3. The number of nitrogens with zero attached hydrogens (tertiary/aromatic N) is 1. The molecule has 0 saturated carbocycles. The average Bonchev–Trinajstić information content (AvgIpc) is 3.16. The van der Waals surface area contributed by atoms with Gasteiger partial charge in [0.05, 0.1) is 12.2 Å². The average molecular weight is 415 g/mol. The SMILES string of the molecule is CCOC(=O)c1ccc(NC(=O)Nc2ccc3c(c2)CN(Cc2ccccc2)C3)cc1. The van der Waals surface area contributed by atoms with E-state index >= 15 is 0 Å². The van der Waals surface area contributed by atoms with E-state index in [2.05, 4.69) is 45.9 Å². The molecule has 0 atom stereocenters. The summed E-state index contributed by atoms with van der Waals surface area (Å²) in [5.74, 6) is -0.377. The quantitative estimate of drug-likeness (QED) is 0.555. The molecule has 0 fully saturated rings. The lowest BCUT2D eigenvalue weighted by Crippen LogP contribution is -2.19. The fourth-order valence-electron chi connectivity index (χ4n) is 3.69. The van der Waals surface area contributed by atoms with Gasteiger partial charge in [-0.3, -0.25) is 4.90 Å². The summed E-state index contributed by atoms with van der Waals surface area (Å²) in [5.41, 5.74) is 5.61. The Morgan fingerprint density at radius 2 is 1.55 bits per heavy atom. The molecule has 2 amide bonds. The Labute approximate surface area is 181 Å². The van der Waals surface area contributed by atoms with E-state index in [4.69, 9.17) is 4.74 Å². The standard InChI is InChI=1S/C25H25N3O3/c1-2-31-24(29)19-8-11-22(12-9-19)26-25(30)27-23-13-10-20-16-28(17-21(20)14-23)15-18-6-4-3-5-7-18/h3-14H,2,15-17H2,1H3,(H2,26,27,30). The second-order valence-electron chi connectivity index (χ2n) is 7.49. The zero-order valence-electron chi connectivity index (χ0n) is 17.4. The van der Waals surface area contributed by atoms with Crippen molar-refractivity contribution in [1.82, 2.24) is 4.90 Å².